The lowest BCUT2D eigenvalue weighted by atomic mass is 10.0. The Bertz CT molecular complexity index is 463. The summed E-state index contributed by atoms with van der Waals surface area (Å²) in [5.41, 5.74) is 3.47. The zero-order valence-corrected chi connectivity index (χ0v) is 8.87. The van der Waals surface area contributed by atoms with E-state index in [-0.39, 0.29) is 5.78 Å². The Morgan fingerprint density at radius 2 is 1.80 bits per heavy atom. The highest BCUT2D eigenvalue weighted by Gasteiger charge is 2.14. The number of rotatable bonds is 2. The maximum absolute atomic E-state index is 12.1. The molecule has 0 amide bonds. The van der Waals surface area contributed by atoms with Crippen LogP contribution < -0.4 is 0 Å². The van der Waals surface area contributed by atoms with Gasteiger partial charge in [0.2, 0.25) is 0 Å². The van der Waals surface area contributed by atoms with Crippen molar-refractivity contribution in [3.8, 4) is 0 Å². The predicted octanol–water partition coefficient (Wildman–Crippen LogP) is 2.86. The smallest absolute Gasteiger partial charge is 0.195 e. The second kappa shape index (κ2) is 3.73. The maximum Gasteiger partial charge on any atom is 0.195 e. The molecule has 2 rings (SSSR count). The molecular weight excluding hydrogens is 186 g/mol. The van der Waals surface area contributed by atoms with Gasteiger partial charge in [0.05, 0.1) is 0 Å². The lowest BCUT2D eigenvalue weighted by Crippen LogP contribution is -2.03. The summed E-state index contributed by atoms with van der Waals surface area (Å²) in [6, 6.07) is 9.35. The summed E-state index contributed by atoms with van der Waals surface area (Å²) in [7, 11) is 0. The second-order valence-corrected chi connectivity index (χ2v) is 3.67. The summed E-state index contributed by atoms with van der Waals surface area (Å²) in [5.74, 6) is 0.0897. The van der Waals surface area contributed by atoms with Crippen LogP contribution in [0.15, 0.2) is 36.5 Å². The van der Waals surface area contributed by atoms with Gasteiger partial charge in [-0.15, -0.1) is 0 Å². The molecule has 0 aliphatic heterocycles. The van der Waals surface area contributed by atoms with Crippen molar-refractivity contribution in [1.29, 1.82) is 0 Å². The number of aromatic amines is 1. The summed E-state index contributed by atoms with van der Waals surface area (Å²) in [4.78, 5) is 15.2. The number of aromatic nitrogens is 1. The monoisotopic (exact) mass is 199 g/mol. The summed E-state index contributed by atoms with van der Waals surface area (Å²) in [6.45, 7) is 3.86. The van der Waals surface area contributed by atoms with Gasteiger partial charge in [0.15, 0.2) is 5.78 Å². The molecule has 76 valence electrons. The van der Waals surface area contributed by atoms with Crippen LogP contribution in [0.4, 0.5) is 0 Å². The number of nitrogens with one attached hydrogen (secondary N) is 1. The van der Waals surface area contributed by atoms with Crippen LogP contribution in [-0.4, -0.2) is 10.8 Å². The van der Waals surface area contributed by atoms with E-state index >= 15 is 0 Å². The van der Waals surface area contributed by atoms with Gasteiger partial charge in [0.25, 0.3) is 0 Å². The molecular formula is C13H13NO. The van der Waals surface area contributed by atoms with E-state index in [1.165, 1.54) is 0 Å². The van der Waals surface area contributed by atoms with Crippen LogP contribution in [0.5, 0.6) is 0 Å². The van der Waals surface area contributed by atoms with Crippen molar-refractivity contribution in [3.05, 3.63) is 58.9 Å². The highest BCUT2D eigenvalue weighted by Crippen LogP contribution is 2.17. The van der Waals surface area contributed by atoms with Crippen LogP contribution in [0.1, 0.15) is 27.2 Å². The van der Waals surface area contributed by atoms with Crippen LogP contribution in [0.3, 0.4) is 0 Å². The molecule has 0 spiro atoms. The topological polar surface area (TPSA) is 32.9 Å². The molecule has 0 fully saturated rings. The van der Waals surface area contributed by atoms with Crippen LogP contribution in [0, 0.1) is 13.8 Å². The first-order chi connectivity index (χ1) is 7.20. The molecule has 0 radical (unpaired) electrons. The molecule has 2 heteroatoms. The number of carbonyl (C=O) groups is 1. The Morgan fingerprint density at radius 3 is 2.33 bits per heavy atom. The minimum Gasteiger partial charge on any atom is -0.364 e. The molecule has 0 aliphatic rings. The number of benzene rings is 1. The molecule has 0 aliphatic carbocycles. The number of aryl methyl sites for hydroxylation is 2. The first-order valence-electron chi connectivity index (χ1n) is 4.94. The van der Waals surface area contributed by atoms with E-state index in [1.807, 2.05) is 50.4 Å². The second-order valence-electron chi connectivity index (χ2n) is 3.67. The van der Waals surface area contributed by atoms with Gasteiger partial charge in [-0.1, -0.05) is 30.3 Å². The molecule has 15 heavy (non-hydrogen) atoms. The Labute approximate surface area is 89.0 Å². The van der Waals surface area contributed by atoms with Crippen LogP contribution >= 0.6 is 0 Å². The summed E-state index contributed by atoms with van der Waals surface area (Å²) in [5, 5.41) is 0. The van der Waals surface area contributed by atoms with E-state index in [0.717, 1.165) is 22.4 Å². The fraction of sp³-hybridized carbons (Fsp3) is 0.154. The molecule has 0 bridgehead atoms. The highest BCUT2D eigenvalue weighted by molar-refractivity contribution is 6.10. The Balaban J connectivity index is 2.46. The van der Waals surface area contributed by atoms with Crippen molar-refractivity contribution in [2.75, 3.05) is 0 Å². The third kappa shape index (κ3) is 1.71. The van der Waals surface area contributed by atoms with Crippen molar-refractivity contribution in [2.24, 2.45) is 0 Å². The SMILES string of the molecule is Cc1c[nH]c(C)c1C(=O)c1ccccc1. The lowest BCUT2D eigenvalue weighted by Gasteiger charge is -2.01. The molecule has 1 heterocycles. The average molecular weight is 199 g/mol. The van der Waals surface area contributed by atoms with Gasteiger partial charge in [0, 0.05) is 23.0 Å². The maximum atomic E-state index is 12.1. The molecule has 2 aromatic rings. The van der Waals surface area contributed by atoms with Gasteiger partial charge in [-0.3, -0.25) is 4.79 Å². The van der Waals surface area contributed by atoms with Crippen molar-refractivity contribution in [1.82, 2.24) is 4.98 Å². The third-order valence-electron chi connectivity index (χ3n) is 2.54. The van der Waals surface area contributed by atoms with Crippen LogP contribution in [-0.2, 0) is 0 Å². The minimum atomic E-state index is 0.0897. The summed E-state index contributed by atoms with van der Waals surface area (Å²) >= 11 is 0. The van der Waals surface area contributed by atoms with E-state index in [1.54, 1.807) is 0 Å². The highest BCUT2D eigenvalue weighted by atomic mass is 16.1. The summed E-state index contributed by atoms with van der Waals surface area (Å²) < 4.78 is 0. The molecule has 0 atom stereocenters. The fourth-order valence-electron chi connectivity index (χ4n) is 1.74. The van der Waals surface area contributed by atoms with Crippen molar-refractivity contribution in [3.63, 3.8) is 0 Å². The van der Waals surface area contributed by atoms with E-state index in [4.69, 9.17) is 0 Å². The largest absolute Gasteiger partial charge is 0.364 e. The first kappa shape index (κ1) is 9.71. The number of hydrogen-bond acceptors (Lipinski definition) is 1. The van der Waals surface area contributed by atoms with E-state index < -0.39 is 0 Å². The van der Waals surface area contributed by atoms with E-state index in [2.05, 4.69) is 4.98 Å². The standard InChI is InChI=1S/C13H13NO/c1-9-8-14-10(2)12(9)13(15)11-6-4-3-5-7-11/h3-8,14H,1-2H3. The first-order valence-corrected chi connectivity index (χ1v) is 4.94. The Kier molecular flexibility index (Phi) is 2.42. The molecule has 0 saturated carbocycles. The molecule has 2 nitrogen and oxygen atoms in total. The molecule has 0 saturated heterocycles. The van der Waals surface area contributed by atoms with E-state index in [0.29, 0.717) is 0 Å². The molecule has 1 aromatic carbocycles. The van der Waals surface area contributed by atoms with Gasteiger partial charge in [-0.2, -0.15) is 0 Å². The summed E-state index contributed by atoms with van der Waals surface area (Å²) in [6.07, 6.45) is 1.87. The normalized spacial score (nSPS) is 10.3. The van der Waals surface area contributed by atoms with Gasteiger partial charge >= 0.3 is 0 Å². The molecule has 0 unspecified atom stereocenters. The van der Waals surface area contributed by atoms with Gasteiger partial charge in [-0.25, -0.2) is 0 Å². The van der Waals surface area contributed by atoms with Crippen LogP contribution in [0.2, 0.25) is 0 Å². The third-order valence-corrected chi connectivity index (χ3v) is 2.54. The Morgan fingerprint density at radius 1 is 1.13 bits per heavy atom. The van der Waals surface area contributed by atoms with Crippen molar-refractivity contribution in [2.45, 2.75) is 13.8 Å². The average Bonchev–Trinajstić information content (AvgIpc) is 2.59. The van der Waals surface area contributed by atoms with Crippen molar-refractivity contribution >= 4 is 5.78 Å². The van der Waals surface area contributed by atoms with Crippen molar-refractivity contribution < 1.29 is 4.79 Å². The quantitative estimate of drug-likeness (QED) is 0.741. The number of carbonyl (C=O) groups excluding carboxylic acids is 1. The number of hydrogen-bond donors (Lipinski definition) is 1. The molecule has 1 N–H and O–H groups in total. The Hall–Kier alpha value is -1.83. The zero-order chi connectivity index (χ0) is 10.8. The van der Waals surface area contributed by atoms with Crippen LogP contribution in [0.25, 0.3) is 0 Å². The minimum absolute atomic E-state index is 0.0897. The van der Waals surface area contributed by atoms with Gasteiger partial charge < -0.3 is 4.98 Å². The van der Waals surface area contributed by atoms with Gasteiger partial charge in [-0.05, 0) is 19.4 Å². The lowest BCUT2D eigenvalue weighted by molar-refractivity contribution is 0.103. The number of ketones is 1. The molecule has 1 aromatic heterocycles. The van der Waals surface area contributed by atoms with E-state index in [9.17, 15) is 4.79 Å². The predicted molar refractivity (Wildman–Crippen MR) is 60.1 cm³/mol. The fourth-order valence-corrected chi connectivity index (χ4v) is 1.74. The van der Waals surface area contributed by atoms with Gasteiger partial charge in [0.1, 0.15) is 0 Å². The number of H-pyrrole nitrogens is 1. The zero-order valence-electron chi connectivity index (χ0n) is 8.87.